The highest BCUT2D eigenvalue weighted by Gasteiger charge is 2.10. The number of methoxy groups -OCH3 is 1. The van der Waals surface area contributed by atoms with Crippen molar-refractivity contribution in [1.29, 1.82) is 0 Å². The van der Waals surface area contributed by atoms with E-state index in [1.807, 2.05) is 43.3 Å². The van der Waals surface area contributed by atoms with E-state index in [4.69, 9.17) is 4.74 Å². The monoisotopic (exact) mass is 309 g/mol. The number of anilines is 1. The Morgan fingerprint density at radius 3 is 2.57 bits per heavy atom. The maximum Gasteiger partial charge on any atom is 0.248 e. The number of carbonyl (C=O) groups is 1. The van der Waals surface area contributed by atoms with E-state index in [2.05, 4.69) is 25.2 Å². The fourth-order valence-electron chi connectivity index (χ4n) is 2.48. The second-order valence-electron chi connectivity index (χ2n) is 5.76. The van der Waals surface area contributed by atoms with Crippen LogP contribution in [0.4, 0.5) is 5.69 Å². The van der Waals surface area contributed by atoms with E-state index in [1.165, 1.54) is 6.08 Å². The van der Waals surface area contributed by atoms with Crippen molar-refractivity contribution >= 4 is 17.7 Å². The third-order valence-electron chi connectivity index (χ3n) is 3.73. The van der Waals surface area contributed by atoms with Crippen LogP contribution in [-0.2, 0) is 4.79 Å². The minimum absolute atomic E-state index is 0.146. The molecule has 2 aromatic rings. The Labute approximate surface area is 138 Å². The lowest BCUT2D eigenvalue weighted by molar-refractivity contribution is -0.111. The topological polar surface area (TPSA) is 38.3 Å². The number of benzene rings is 2. The van der Waals surface area contributed by atoms with Gasteiger partial charge in [0.1, 0.15) is 5.75 Å². The predicted octanol–water partition coefficient (Wildman–Crippen LogP) is 4.78. The summed E-state index contributed by atoms with van der Waals surface area (Å²) in [6.07, 6.45) is 3.30. The first kappa shape index (κ1) is 16.8. The Bertz CT molecular complexity index is 717. The Morgan fingerprint density at radius 2 is 1.87 bits per heavy atom. The van der Waals surface area contributed by atoms with Gasteiger partial charge in [-0.1, -0.05) is 50.2 Å². The molecule has 3 heteroatoms. The summed E-state index contributed by atoms with van der Waals surface area (Å²) in [7, 11) is 1.62. The highest BCUT2D eigenvalue weighted by Crippen LogP contribution is 2.27. The zero-order valence-electron chi connectivity index (χ0n) is 14.1. The van der Waals surface area contributed by atoms with Crippen molar-refractivity contribution < 1.29 is 9.53 Å². The Morgan fingerprint density at radius 1 is 1.13 bits per heavy atom. The summed E-state index contributed by atoms with van der Waals surface area (Å²) in [5.41, 5.74) is 3.98. The summed E-state index contributed by atoms with van der Waals surface area (Å²) in [6, 6.07) is 13.7. The van der Waals surface area contributed by atoms with E-state index in [-0.39, 0.29) is 5.91 Å². The number of aryl methyl sites for hydroxylation is 1. The van der Waals surface area contributed by atoms with Crippen LogP contribution in [0.3, 0.4) is 0 Å². The van der Waals surface area contributed by atoms with E-state index >= 15 is 0 Å². The molecule has 0 unspecified atom stereocenters. The summed E-state index contributed by atoms with van der Waals surface area (Å²) in [5, 5.41) is 3.00. The van der Waals surface area contributed by atoms with Gasteiger partial charge in [0.25, 0.3) is 0 Å². The van der Waals surface area contributed by atoms with Gasteiger partial charge >= 0.3 is 0 Å². The largest absolute Gasteiger partial charge is 0.496 e. The van der Waals surface area contributed by atoms with Gasteiger partial charge < -0.3 is 10.1 Å². The molecule has 0 aliphatic rings. The number of nitrogens with one attached hydrogen (secondary N) is 1. The Hall–Kier alpha value is -2.55. The lowest BCUT2D eigenvalue weighted by atomic mass is 9.98. The van der Waals surface area contributed by atoms with Crippen molar-refractivity contribution in [2.24, 2.45) is 0 Å². The molecule has 0 fully saturated rings. The first-order chi connectivity index (χ1) is 11.0. The number of amides is 1. The summed E-state index contributed by atoms with van der Waals surface area (Å²) in [5.74, 6) is 0.950. The molecule has 23 heavy (non-hydrogen) atoms. The van der Waals surface area contributed by atoms with Crippen LogP contribution >= 0.6 is 0 Å². The van der Waals surface area contributed by atoms with E-state index in [0.29, 0.717) is 5.92 Å². The first-order valence-corrected chi connectivity index (χ1v) is 7.74. The smallest absolute Gasteiger partial charge is 0.248 e. The molecule has 2 rings (SSSR count). The average Bonchev–Trinajstić information content (AvgIpc) is 2.54. The molecule has 1 N–H and O–H groups in total. The molecular weight excluding hydrogens is 286 g/mol. The van der Waals surface area contributed by atoms with E-state index in [9.17, 15) is 4.79 Å². The molecule has 0 aliphatic carbocycles. The normalized spacial score (nSPS) is 11.0. The predicted molar refractivity (Wildman–Crippen MR) is 95.9 cm³/mol. The van der Waals surface area contributed by atoms with Crippen molar-refractivity contribution in [2.75, 3.05) is 12.4 Å². The molecule has 0 radical (unpaired) electrons. The highest BCUT2D eigenvalue weighted by molar-refractivity contribution is 6.03. The summed E-state index contributed by atoms with van der Waals surface area (Å²) < 4.78 is 5.28. The highest BCUT2D eigenvalue weighted by atomic mass is 16.5. The molecule has 120 valence electrons. The third-order valence-corrected chi connectivity index (χ3v) is 3.73. The fourth-order valence-corrected chi connectivity index (χ4v) is 2.48. The van der Waals surface area contributed by atoms with E-state index in [0.717, 1.165) is 28.1 Å². The van der Waals surface area contributed by atoms with Crippen LogP contribution in [0.5, 0.6) is 5.75 Å². The molecule has 0 saturated carbocycles. The number of carbonyl (C=O) groups excluding carboxylic acids is 1. The molecule has 0 atom stereocenters. The number of hydrogen-bond donors (Lipinski definition) is 1. The molecule has 0 saturated heterocycles. The van der Waals surface area contributed by atoms with Crippen LogP contribution in [-0.4, -0.2) is 13.0 Å². The SMILES string of the molecule is COc1ccccc1/C=C/C(=O)Nc1c(C)cccc1C(C)C. The van der Waals surface area contributed by atoms with E-state index < -0.39 is 0 Å². The van der Waals surface area contributed by atoms with Crippen molar-refractivity contribution in [3.05, 3.63) is 65.2 Å². The summed E-state index contributed by atoms with van der Waals surface area (Å²) in [6.45, 7) is 6.25. The van der Waals surface area contributed by atoms with Gasteiger partial charge in [-0.25, -0.2) is 0 Å². The van der Waals surface area contributed by atoms with Crippen molar-refractivity contribution in [2.45, 2.75) is 26.7 Å². The standard InChI is InChI=1S/C20H23NO2/c1-14(2)17-10-7-8-15(3)20(17)21-19(22)13-12-16-9-5-6-11-18(16)23-4/h5-14H,1-4H3,(H,21,22)/b13-12+. The minimum Gasteiger partial charge on any atom is -0.496 e. The molecule has 0 heterocycles. The van der Waals surface area contributed by atoms with Crippen LogP contribution in [0.25, 0.3) is 6.08 Å². The molecule has 1 amide bonds. The van der Waals surface area contributed by atoms with Crippen LogP contribution in [0.1, 0.15) is 36.5 Å². The zero-order chi connectivity index (χ0) is 16.8. The third kappa shape index (κ3) is 4.22. The van der Waals surface area contributed by atoms with Crippen LogP contribution in [0.2, 0.25) is 0 Å². The van der Waals surface area contributed by atoms with Gasteiger partial charge in [-0.05, 0) is 36.1 Å². The van der Waals surface area contributed by atoms with Gasteiger partial charge in [-0.2, -0.15) is 0 Å². The van der Waals surface area contributed by atoms with Gasteiger partial charge in [-0.15, -0.1) is 0 Å². The second-order valence-corrected chi connectivity index (χ2v) is 5.76. The molecule has 0 spiro atoms. The van der Waals surface area contributed by atoms with Crippen molar-refractivity contribution in [3.8, 4) is 5.75 Å². The second kappa shape index (κ2) is 7.63. The fraction of sp³-hybridized carbons (Fsp3) is 0.250. The van der Waals surface area contributed by atoms with Gasteiger partial charge in [-0.3, -0.25) is 4.79 Å². The average molecular weight is 309 g/mol. The van der Waals surface area contributed by atoms with Gasteiger partial charge in [0.05, 0.1) is 7.11 Å². The Balaban J connectivity index is 2.19. The molecule has 2 aromatic carbocycles. The quantitative estimate of drug-likeness (QED) is 0.807. The van der Waals surface area contributed by atoms with Crippen molar-refractivity contribution in [1.82, 2.24) is 0 Å². The summed E-state index contributed by atoms with van der Waals surface area (Å²) in [4.78, 5) is 12.3. The summed E-state index contributed by atoms with van der Waals surface area (Å²) >= 11 is 0. The minimum atomic E-state index is -0.146. The van der Waals surface area contributed by atoms with Gasteiger partial charge in [0.2, 0.25) is 5.91 Å². The van der Waals surface area contributed by atoms with Crippen LogP contribution in [0.15, 0.2) is 48.5 Å². The first-order valence-electron chi connectivity index (χ1n) is 7.74. The maximum absolute atomic E-state index is 12.3. The van der Waals surface area contributed by atoms with Crippen LogP contribution in [0, 0.1) is 6.92 Å². The number of hydrogen-bond acceptors (Lipinski definition) is 2. The lowest BCUT2D eigenvalue weighted by Gasteiger charge is -2.15. The molecular formula is C20H23NO2. The number of rotatable bonds is 5. The molecule has 0 aromatic heterocycles. The number of para-hydroxylation sites is 2. The van der Waals surface area contributed by atoms with Gasteiger partial charge in [0, 0.05) is 17.3 Å². The lowest BCUT2D eigenvalue weighted by Crippen LogP contribution is -2.11. The molecule has 0 bridgehead atoms. The maximum atomic E-state index is 12.3. The van der Waals surface area contributed by atoms with Crippen LogP contribution < -0.4 is 10.1 Å². The molecule has 0 aliphatic heterocycles. The van der Waals surface area contributed by atoms with Gasteiger partial charge in [0.15, 0.2) is 0 Å². The number of ether oxygens (including phenoxy) is 1. The zero-order valence-corrected chi connectivity index (χ0v) is 14.1. The molecule has 3 nitrogen and oxygen atoms in total. The van der Waals surface area contributed by atoms with E-state index in [1.54, 1.807) is 13.2 Å². The Kier molecular flexibility index (Phi) is 5.58. The van der Waals surface area contributed by atoms with Crippen molar-refractivity contribution in [3.63, 3.8) is 0 Å².